The molecule has 0 radical (unpaired) electrons. The number of aryl methyl sites for hydroxylation is 1. The fourth-order valence-electron chi connectivity index (χ4n) is 1.73. The van der Waals surface area contributed by atoms with Gasteiger partial charge in [-0.2, -0.15) is 5.10 Å². The highest BCUT2D eigenvalue weighted by molar-refractivity contribution is 5.84. The van der Waals surface area contributed by atoms with Crippen LogP contribution in [0, 0.1) is 6.92 Å². The molecule has 2 aromatic carbocycles. The molecule has 0 aromatic heterocycles. The Balaban J connectivity index is 1.89. The van der Waals surface area contributed by atoms with Gasteiger partial charge in [-0.25, -0.2) is 5.43 Å². The number of amides is 1. The summed E-state index contributed by atoms with van der Waals surface area (Å²) in [5.74, 6) is -0.115. The lowest BCUT2D eigenvalue weighted by atomic mass is 10.1. The van der Waals surface area contributed by atoms with E-state index in [4.69, 9.17) is 0 Å². The van der Waals surface area contributed by atoms with E-state index in [-0.39, 0.29) is 5.91 Å². The number of carbonyl (C=O) groups excluding carboxylic acids is 1. The summed E-state index contributed by atoms with van der Waals surface area (Å²) in [7, 11) is 0. The summed E-state index contributed by atoms with van der Waals surface area (Å²) >= 11 is 0. The monoisotopic (exact) mass is 252 g/mol. The Morgan fingerprint density at radius 2 is 1.79 bits per heavy atom. The Morgan fingerprint density at radius 3 is 2.53 bits per heavy atom. The van der Waals surface area contributed by atoms with Crippen LogP contribution in [-0.2, 0) is 11.2 Å². The van der Waals surface area contributed by atoms with Gasteiger partial charge in [-0.05, 0) is 23.6 Å². The van der Waals surface area contributed by atoms with Crippen LogP contribution in [0.25, 0.3) is 0 Å². The van der Waals surface area contributed by atoms with E-state index >= 15 is 0 Å². The molecule has 0 aliphatic rings. The van der Waals surface area contributed by atoms with E-state index in [1.54, 1.807) is 6.21 Å². The van der Waals surface area contributed by atoms with Gasteiger partial charge in [0.25, 0.3) is 0 Å². The number of nitrogens with zero attached hydrogens (tertiary/aromatic N) is 1. The molecule has 0 spiro atoms. The molecule has 0 saturated heterocycles. The molecule has 2 rings (SSSR count). The first kappa shape index (κ1) is 13.0. The molecule has 19 heavy (non-hydrogen) atoms. The molecule has 0 saturated carbocycles. The highest BCUT2D eigenvalue weighted by Gasteiger charge is 2.00. The highest BCUT2D eigenvalue weighted by atomic mass is 16.2. The fraction of sp³-hybridized carbons (Fsp3) is 0.125. The van der Waals surface area contributed by atoms with Gasteiger partial charge in [0, 0.05) is 0 Å². The van der Waals surface area contributed by atoms with Gasteiger partial charge < -0.3 is 0 Å². The highest BCUT2D eigenvalue weighted by Crippen LogP contribution is 2.03. The van der Waals surface area contributed by atoms with Crippen LogP contribution in [0.1, 0.15) is 16.7 Å². The van der Waals surface area contributed by atoms with E-state index in [1.165, 1.54) is 0 Å². The van der Waals surface area contributed by atoms with E-state index in [2.05, 4.69) is 10.5 Å². The van der Waals surface area contributed by atoms with Gasteiger partial charge in [0.15, 0.2) is 0 Å². The van der Waals surface area contributed by atoms with Crippen LogP contribution in [0.4, 0.5) is 0 Å². The molecule has 0 aliphatic heterocycles. The van der Waals surface area contributed by atoms with Crippen molar-refractivity contribution in [2.45, 2.75) is 13.3 Å². The summed E-state index contributed by atoms with van der Waals surface area (Å²) in [6.07, 6.45) is 2.00. The third-order valence-electron chi connectivity index (χ3n) is 2.79. The van der Waals surface area contributed by atoms with Crippen molar-refractivity contribution < 1.29 is 4.79 Å². The van der Waals surface area contributed by atoms with Gasteiger partial charge in [0.1, 0.15) is 0 Å². The van der Waals surface area contributed by atoms with E-state index < -0.39 is 0 Å². The third-order valence-corrected chi connectivity index (χ3v) is 2.79. The van der Waals surface area contributed by atoms with Crippen molar-refractivity contribution in [3.8, 4) is 0 Å². The molecule has 0 unspecified atom stereocenters. The molecule has 1 N–H and O–H groups in total. The second-order valence-corrected chi connectivity index (χ2v) is 4.31. The summed E-state index contributed by atoms with van der Waals surface area (Å²) < 4.78 is 0. The largest absolute Gasteiger partial charge is 0.273 e. The van der Waals surface area contributed by atoms with Crippen LogP contribution in [-0.4, -0.2) is 12.1 Å². The Hall–Kier alpha value is -2.42. The van der Waals surface area contributed by atoms with Gasteiger partial charge in [-0.3, -0.25) is 4.79 Å². The van der Waals surface area contributed by atoms with Crippen LogP contribution in [0.15, 0.2) is 59.7 Å². The molecular formula is C16H16N2O. The van der Waals surface area contributed by atoms with E-state index in [9.17, 15) is 4.79 Å². The molecule has 3 heteroatoms. The quantitative estimate of drug-likeness (QED) is 0.659. The number of rotatable bonds is 4. The topological polar surface area (TPSA) is 41.5 Å². The summed E-state index contributed by atoms with van der Waals surface area (Å²) in [5, 5.41) is 3.97. The predicted molar refractivity (Wildman–Crippen MR) is 77.1 cm³/mol. The number of hydrogen-bond donors (Lipinski definition) is 1. The second kappa shape index (κ2) is 6.50. The number of hydrogen-bond acceptors (Lipinski definition) is 2. The number of carbonyl (C=O) groups is 1. The molecule has 96 valence electrons. The lowest BCUT2D eigenvalue weighted by molar-refractivity contribution is -0.120. The number of hydrazone groups is 1. The van der Waals surface area contributed by atoms with E-state index in [1.807, 2.05) is 61.5 Å². The fourth-order valence-corrected chi connectivity index (χ4v) is 1.73. The lowest BCUT2D eigenvalue weighted by Crippen LogP contribution is -2.19. The Kier molecular flexibility index (Phi) is 4.45. The minimum Gasteiger partial charge on any atom is -0.273 e. The van der Waals surface area contributed by atoms with Crippen LogP contribution in [0.2, 0.25) is 0 Å². The van der Waals surface area contributed by atoms with Crippen molar-refractivity contribution in [2.75, 3.05) is 0 Å². The second-order valence-electron chi connectivity index (χ2n) is 4.31. The Bertz CT molecular complexity index is 576. The van der Waals surface area contributed by atoms with Gasteiger partial charge in [-0.15, -0.1) is 0 Å². The van der Waals surface area contributed by atoms with Gasteiger partial charge in [0.05, 0.1) is 12.6 Å². The SMILES string of the molecule is Cc1ccccc1C=NNC(=O)Cc1ccccc1. The zero-order valence-electron chi connectivity index (χ0n) is 10.8. The molecule has 1 amide bonds. The van der Waals surface area contributed by atoms with Crippen LogP contribution in [0.5, 0.6) is 0 Å². The molecule has 0 atom stereocenters. The van der Waals surface area contributed by atoms with Crippen molar-refractivity contribution >= 4 is 12.1 Å². The minimum absolute atomic E-state index is 0.115. The first-order valence-corrected chi connectivity index (χ1v) is 6.17. The van der Waals surface area contributed by atoms with Crippen molar-refractivity contribution in [1.82, 2.24) is 5.43 Å². The number of benzene rings is 2. The van der Waals surface area contributed by atoms with Gasteiger partial charge >= 0.3 is 0 Å². The smallest absolute Gasteiger partial charge is 0.244 e. The molecule has 0 fully saturated rings. The lowest BCUT2D eigenvalue weighted by Gasteiger charge is -2.01. The van der Waals surface area contributed by atoms with E-state index in [0.29, 0.717) is 6.42 Å². The zero-order valence-corrected chi connectivity index (χ0v) is 10.8. The van der Waals surface area contributed by atoms with Crippen LogP contribution >= 0.6 is 0 Å². The molecule has 0 heterocycles. The first-order valence-electron chi connectivity index (χ1n) is 6.17. The summed E-state index contributed by atoms with van der Waals surface area (Å²) in [4.78, 5) is 11.7. The van der Waals surface area contributed by atoms with Crippen molar-refractivity contribution in [3.05, 3.63) is 71.3 Å². The van der Waals surface area contributed by atoms with Gasteiger partial charge in [-0.1, -0.05) is 54.6 Å². The Labute approximate surface area is 113 Å². The summed E-state index contributed by atoms with van der Waals surface area (Å²) in [6.45, 7) is 2.01. The van der Waals surface area contributed by atoms with Crippen LogP contribution < -0.4 is 5.43 Å². The maximum Gasteiger partial charge on any atom is 0.244 e. The van der Waals surface area contributed by atoms with Crippen LogP contribution in [0.3, 0.4) is 0 Å². The zero-order chi connectivity index (χ0) is 13.5. The molecule has 0 aliphatic carbocycles. The standard InChI is InChI=1S/C16H16N2O/c1-13-7-5-6-10-15(13)12-17-18-16(19)11-14-8-3-2-4-9-14/h2-10,12H,11H2,1H3,(H,18,19). The summed E-state index contributed by atoms with van der Waals surface area (Å²) in [6, 6.07) is 17.5. The normalized spacial score (nSPS) is 10.6. The maximum absolute atomic E-state index is 11.7. The average molecular weight is 252 g/mol. The average Bonchev–Trinajstić information content (AvgIpc) is 2.42. The summed E-state index contributed by atoms with van der Waals surface area (Å²) in [5.41, 5.74) is 5.65. The van der Waals surface area contributed by atoms with Crippen molar-refractivity contribution in [3.63, 3.8) is 0 Å². The predicted octanol–water partition coefficient (Wildman–Crippen LogP) is 2.69. The molecule has 3 nitrogen and oxygen atoms in total. The Morgan fingerprint density at radius 1 is 1.11 bits per heavy atom. The minimum atomic E-state index is -0.115. The molecule has 2 aromatic rings. The van der Waals surface area contributed by atoms with E-state index in [0.717, 1.165) is 16.7 Å². The van der Waals surface area contributed by atoms with Gasteiger partial charge in [0.2, 0.25) is 5.91 Å². The maximum atomic E-state index is 11.7. The molecular weight excluding hydrogens is 236 g/mol. The van der Waals surface area contributed by atoms with Crippen molar-refractivity contribution in [2.24, 2.45) is 5.10 Å². The third kappa shape index (κ3) is 4.07. The first-order chi connectivity index (χ1) is 9.25. The molecule has 0 bridgehead atoms. The van der Waals surface area contributed by atoms with Crippen molar-refractivity contribution in [1.29, 1.82) is 0 Å². The number of nitrogens with one attached hydrogen (secondary N) is 1.